The molecule has 0 radical (unpaired) electrons. The molecule has 0 saturated carbocycles. The summed E-state index contributed by atoms with van der Waals surface area (Å²) in [6, 6.07) is 8.49. The highest BCUT2D eigenvalue weighted by Gasteiger charge is 2.36. The van der Waals surface area contributed by atoms with Crippen LogP contribution in [0.3, 0.4) is 0 Å². The minimum absolute atomic E-state index is 0.00713. The third-order valence-corrected chi connectivity index (χ3v) is 4.58. The summed E-state index contributed by atoms with van der Waals surface area (Å²) in [6.45, 7) is 0.455. The number of amides is 4. The molecule has 160 valence electrons. The van der Waals surface area contributed by atoms with Gasteiger partial charge in [-0.3, -0.25) is 39.2 Å². The average molecular weight is 425 g/mol. The van der Waals surface area contributed by atoms with Crippen molar-refractivity contribution < 1.29 is 24.1 Å². The highest BCUT2D eigenvalue weighted by molar-refractivity contribution is 6.21. The number of non-ortho nitro benzene ring substituents is 1. The number of nitrogens with zero attached hydrogens (tertiary/aromatic N) is 3. The van der Waals surface area contributed by atoms with Crippen molar-refractivity contribution in [1.29, 1.82) is 0 Å². The summed E-state index contributed by atoms with van der Waals surface area (Å²) in [7, 11) is 0. The zero-order chi connectivity index (χ0) is 22.4. The van der Waals surface area contributed by atoms with Crippen molar-refractivity contribution >= 4 is 29.3 Å². The van der Waals surface area contributed by atoms with Gasteiger partial charge >= 0.3 is 0 Å². The van der Waals surface area contributed by atoms with Crippen LogP contribution in [-0.2, 0) is 4.79 Å². The third-order valence-electron chi connectivity index (χ3n) is 4.58. The molecular weight excluding hydrogens is 406 g/mol. The number of nitro benzene ring substituents is 1. The number of benzene rings is 1. The number of carbonyl (C=O) groups excluding carboxylic acids is 4. The molecule has 0 atom stereocenters. The van der Waals surface area contributed by atoms with E-state index < -0.39 is 16.7 Å². The largest absolute Gasteiger partial charge is 0.354 e. The van der Waals surface area contributed by atoms with E-state index in [-0.39, 0.29) is 66.8 Å². The van der Waals surface area contributed by atoms with Gasteiger partial charge in [0, 0.05) is 44.4 Å². The Hall–Kier alpha value is -4.15. The van der Waals surface area contributed by atoms with Crippen LogP contribution in [0.2, 0.25) is 0 Å². The molecule has 1 aliphatic rings. The van der Waals surface area contributed by atoms with Gasteiger partial charge in [0.25, 0.3) is 23.4 Å². The lowest BCUT2D eigenvalue weighted by Gasteiger charge is -2.13. The van der Waals surface area contributed by atoms with E-state index in [0.29, 0.717) is 0 Å². The maximum Gasteiger partial charge on any atom is 0.270 e. The molecule has 0 bridgehead atoms. The lowest BCUT2D eigenvalue weighted by atomic mass is 10.1. The number of nitrogens with one attached hydrogen (secondary N) is 2. The highest BCUT2D eigenvalue weighted by atomic mass is 16.6. The monoisotopic (exact) mass is 425 g/mol. The van der Waals surface area contributed by atoms with Gasteiger partial charge in [-0.05, 0) is 24.6 Å². The van der Waals surface area contributed by atoms with Crippen LogP contribution in [0.25, 0.3) is 0 Å². The summed E-state index contributed by atoms with van der Waals surface area (Å²) in [5.74, 6) is -1.78. The van der Waals surface area contributed by atoms with Crippen LogP contribution >= 0.6 is 0 Å². The van der Waals surface area contributed by atoms with Gasteiger partial charge in [0.05, 0.1) is 16.1 Å². The number of pyridine rings is 1. The molecule has 1 aromatic carbocycles. The van der Waals surface area contributed by atoms with Gasteiger partial charge in [-0.2, -0.15) is 0 Å². The average Bonchev–Trinajstić information content (AvgIpc) is 3.01. The molecule has 1 aliphatic heterocycles. The number of hydrogen-bond acceptors (Lipinski definition) is 7. The van der Waals surface area contributed by atoms with E-state index in [4.69, 9.17) is 0 Å². The summed E-state index contributed by atoms with van der Waals surface area (Å²) in [4.78, 5) is 63.6. The van der Waals surface area contributed by atoms with E-state index in [1.165, 1.54) is 18.3 Å². The minimum Gasteiger partial charge on any atom is -0.354 e. The Morgan fingerprint density at radius 3 is 2.48 bits per heavy atom. The molecule has 0 spiro atoms. The van der Waals surface area contributed by atoms with E-state index in [2.05, 4.69) is 15.6 Å². The molecule has 0 aliphatic carbocycles. The molecule has 0 unspecified atom stereocenters. The zero-order valence-corrected chi connectivity index (χ0v) is 16.4. The van der Waals surface area contributed by atoms with Crippen molar-refractivity contribution in [3.8, 4) is 0 Å². The number of nitro groups is 1. The standard InChI is InChI=1S/C20H19N5O6/c26-17(22-9-10-23-18(27)16-4-1-2-8-21-16)5-3-11-24-19(28)14-7-6-13(25(30)31)12-15(14)20(24)29/h1-2,4,6-8,12H,3,5,9-11H2,(H,22,26)(H,23,27). The quantitative estimate of drug-likeness (QED) is 0.262. The molecule has 0 saturated heterocycles. The molecular formula is C20H19N5O6. The van der Waals surface area contributed by atoms with Crippen LogP contribution in [0, 0.1) is 10.1 Å². The molecule has 2 heterocycles. The first-order valence-corrected chi connectivity index (χ1v) is 9.49. The third kappa shape index (κ3) is 5.07. The predicted octanol–water partition coefficient (Wildman–Crippen LogP) is 0.912. The fourth-order valence-corrected chi connectivity index (χ4v) is 3.05. The van der Waals surface area contributed by atoms with Crippen LogP contribution in [0.1, 0.15) is 44.0 Å². The van der Waals surface area contributed by atoms with E-state index in [1.807, 2.05) is 0 Å². The Bertz CT molecular complexity index is 1040. The van der Waals surface area contributed by atoms with E-state index in [0.717, 1.165) is 11.0 Å². The number of hydrogen-bond donors (Lipinski definition) is 2. The Labute approximate surface area is 176 Å². The van der Waals surface area contributed by atoms with Crippen molar-refractivity contribution in [2.45, 2.75) is 12.8 Å². The maximum absolute atomic E-state index is 12.4. The second kappa shape index (κ2) is 9.57. The van der Waals surface area contributed by atoms with Crippen LogP contribution in [0.15, 0.2) is 42.6 Å². The Morgan fingerprint density at radius 2 is 1.77 bits per heavy atom. The molecule has 11 nitrogen and oxygen atoms in total. The predicted molar refractivity (Wildman–Crippen MR) is 107 cm³/mol. The van der Waals surface area contributed by atoms with Gasteiger partial charge in [-0.25, -0.2) is 0 Å². The van der Waals surface area contributed by atoms with Gasteiger partial charge in [-0.15, -0.1) is 0 Å². The topological polar surface area (TPSA) is 152 Å². The molecule has 3 rings (SSSR count). The summed E-state index contributed by atoms with van der Waals surface area (Å²) in [6.07, 6.45) is 1.81. The first kappa shape index (κ1) is 21.6. The van der Waals surface area contributed by atoms with Gasteiger partial charge in [0.2, 0.25) is 5.91 Å². The second-order valence-corrected chi connectivity index (χ2v) is 6.67. The first-order valence-electron chi connectivity index (χ1n) is 9.49. The number of fused-ring (bicyclic) bond motifs is 1. The van der Waals surface area contributed by atoms with Gasteiger partial charge < -0.3 is 10.6 Å². The maximum atomic E-state index is 12.4. The van der Waals surface area contributed by atoms with Crippen molar-refractivity contribution in [1.82, 2.24) is 20.5 Å². The van der Waals surface area contributed by atoms with Crippen molar-refractivity contribution in [3.05, 3.63) is 69.5 Å². The fraction of sp³-hybridized carbons (Fsp3) is 0.250. The van der Waals surface area contributed by atoms with Crippen LogP contribution in [0.4, 0.5) is 5.69 Å². The Morgan fingerprint density at radius 1 is 1.03 bits per heavy atom. The SMILES string of the molecule is O=C(CCCN1C(=O)c2ccc([N+](=O)[O-])cc2C1=O)NCCNC(=O)c1ccccn1. The van der Waals surface area contributed by atoms with E-state index in [1.54, 1.807) is 18.2 Å². The number of carbonyl (C=O) groups is 4. The summed E-state index contributed by atoms with van der Waals surface area (Å²) in [5, 5.41) is 16.1. The summed E-state index contributed by atoms with van der Waals surface area (Å²) < 4.78 is 0. The molecule has 0 fully saturated rings. The first-order chi connectivity index (χ1) is 14.9. The van der Waals surface area contributed by atoms with Crippen molar-refractivity contribution in [2.75, 3.05) is 19.6 Å². The molecule has 31 heavy (non-hydrogen) atoms. The second-order valence-electron chi connectivity index (χ2n) is 6.67. The number of aromatic nitrogens is 1. The van der Waals surface area contributed by atoms with Gasteiger partial charge in [0.15, 0.2) is 0 Å². The van der Waals surface area contributed by atoms with Crippen molar-refractivity contribution in [2.24, 2.45) is 0 Å². The van der Waals surface area contributed by atoms with Crippen molar-refractivity contribution in [3.63, 3.8) is 0 Å². The molecule has 2 N–H and O–H groups in total. The van der Waals surface area contributed by atoms with Crippen LogP contribution in [0.5, 0.6) is 0 Å². The zero-order valence-electron chi connectivity index (χ0n) is 16.4. The lowest BCUT2D eigenvalue weighted by molar-refractivity contribution is -0.384. The molecule has 2 aromatic rings. The minimum atomic E-state index is -0.635. The molecule has 11 heteroatoms. The van der Waals surface area contributed by atoms with Gasteiger partial charge in [-0.1, -0.05) is 6.07 Å². The van der Waals surface area contributed by atoms with Gasteiger partial charge in [0.1, 0.15) is 5.69 Å². The highest BCUT2D eigenvalue weighted by Crippen LogP contribution is 2.26. The van der Waals surface area contributed by atoms with E-state index in [9.17, 15) is 29.3 Å². The number of rotatable bonds is 9. The normalized spacial score (nSPS) is 12.5. The lowest BCUT2D eigenvalue weighted by Crippen LogP contribution is -2.35. The molecule has 1 aromatic heterocycles. The van der Waals surface area contributed by atoms with Crippen LogP contribution in [-0.4, -0.2) is 58.1 Å². The summed E-state index contributed by atoms with van der Waals surface area (Å²) in [5.41, 5.74) is 0.118. The Balaban J connectivity index is 1.39. The van der Waals surface area contributed by atoms with Crippen LogP contribution < -0.4 is 10.6 Å². The smallest absolute Gasteiger partial charge is 0.270 e. The van der Waals surface area contributed by atoms with E-state index >= 15 is 0 Å². The molecule has 4 amide bonds. The fourth-order valence-electron chi connectivity index (χ4n) is 3.05. The number of imide groups is 1. The summed E-state index contributed by atoms with van der Waals surface area (Å²) >= 11 is 0. The Kier molecular flexibility index (Phi) is 6.65.